The first-order valence-corrected chi connectivity index (χ1v) is 6.53. The lowest BCUT2D eigenvalue weighted by atomic mass is 10.0. The molecule has 5 nitrogen and oxygen atoms in total. The molecular weight excluding hydrogens is 336 g/mol. The van der Waals surface area contributed by atoms with Crippen LogP contribution in [-0.2, 0) is 4.79 Å². The van der Waals surface area contributed by atoms with Gasteiger partial charge in [-0.05, 0) is 18.2 Å². The zero-order chi connectivity index (χ0) is 14.2. The summed E-state index contributed by atoms with van der Waals surface area (Å²) in [5.74, 6) is -0.614. The van der Waals surface area contributed by atoms with Crippen LogP contribution in [0.15, 0.2) is 31.9 Å². The highest BCUT2D eigenvalue weighted by Crippen LogP contribution is 2.30. The zero-order valence-electron chi connectivity index (χ0n) is 9.65. The van der Waals surface area contributed by atoms with Crippen LogP contribution in [0.25, 0.3) is 11.0 Å². The summed E-state index contributed by atoms with van der Waals surface area (Å²) in [7, 11) is 0. The molecule has 19 heavy (non-hydrogen) atoms. The van der Waals surface area contributed by atoms with Crippen LogP contribution in [0.4, 0.5) is 0 Å². The van der Waals surface area contributed by atoms with Crippen molar-refractivity contribution < 1.29 is 9.21 Å². The third-order valence-corrected chi connectivity index (χ3v) is 3.53. The minimum absolute atomic E-state index is 0.0612. The minimum atomic E-state index is -0.885. The summed E-state index contributed by atoms with van der Waals surface area (Å²) in [6.07, 6.45) is -0.177. The van der Waals surface area contributed by atoms with Gasteiger partial charge < -0.3 is 15.9 Å². The van der Waals surface area contributed by atoms with Gasteiger partial charge in [-0.15, -0.1) is 0 Å². The fourth-order valence-corrected chi connectivity index (χ4v) is 2.51. The molecule has 1 atom stereocenters. The van der Waals surface area contributed by atoms with Gasteiger partial charge in [-0.3, -0.25) is 4.79 Å². The molecule has 0 aliphatic heterocycles. The van der Waals surface area contributed by atoms with Crippen molar-refractivity contribution in [3.8, 4) is 0 Å². The second-order valence-electron chi connectivity index (χ2n) is 4.03. The maximum Gasteiger partial charge on any atom is 0.342 e. The van der Waals surface area contributed by atoms with Crippen LogP contribution in [0.2, 0.25) is 5.02 Å². The molecule has 2 aromatic rings. The first kappa shape index (κ1) is 14.0. The number of primary amides is 1. The average molecular weight is 346 g/mol. The predicted octanol–water partition coefficient (Wildman–Crippen LogP) is 2.08. The van der Waals surface area contributed by atoms with Crippen LogP contribution in [0, 0.1) is 0 Å². The van der Waals surface area contributed by atoms with Gasteiger partial charge in [0.1, 0.15) is 5.58 Å². The van der Waals surface area contributed by atoms with E-state index in [4.69, 9.17) is 27.5 Å². The third-order valence-electron chi connectivity index (χ3n) is 2.63. The number of fused-ring (bicyclic) bond motifs is 1. The summed E-state index contributed by atoms with van der Waals surface area (Å²) in [5.41, 5.74) is 10.6. The quantitative estimate of drug-likeness (QED) is 0.832. The molecule has 7 heteroatoms. The topological polar surface area (TPSA) is 99.3 Å². The molecule has 0 aliphatic carbocycles. The summed E-state index contributed by atoms with van der Waals surface area (Å²) in [5, 5.41) is 0.729. The van der Waals surface area contributed by atoms with Crippen molar-refractivity contribution in [2.45, 2.75) is 12.5 Å². The van der Waals surface area contributed by atoms with Crippen molar-refractivity contribution in [3.05, 3.63) is 43.7 Å². The summed E-state index contributed by atoms with van der Waals surface area (Å²) in [6, 6.07) is 4.17. The SMILES string of the molecule is NC(=O)CC(N)c1c(Cl)c2cc(Br)ccc2oc1=O. The lowest BCUT2D eigenvalue weighted by molar-refractivity contribution is -0.118. The molecule has 0 radical (unpaired) electrons. The van der Waals surface area contributed by atoms with E-state index < -0.39 is 17.6 Å². The second kappa shape index (κ2) is 5.32. The van der Waals surface area contributed by atoms with Gasteiger partial charge in [-0.2, -0.15) is 0 Å². The lowest BCUT2D eigenvalue weighted by Gasteiger charge is -2.11. The van der Waals surface area contributed by atoms with Crippen LogP contribution < -0.4 is 17.1 Å². The van der Waals surface area contributed by atoms with Crippen LogP contribution >= 0.6 is 27.5 Å². The molecule has 4 N–H and O–H groups in total. The molecular formula is C12H10BrClN2O3. The number of benzene rings is 1. The second-order valence-corrected chi connectivity index (χ2v) is 5.33. The highest BCUT2D eigenvalue weighted by Gasteiger charge is 2.20. The van der Waals surface area contributed by atoms with E-state index in [0.717, 1.165) is 4.47 Å². The van der Waals surface area contributed by atoms with Crippen LogP contribution in [0.1, 0.15) is 18.0 Å². The Balaban J connectivity index is 2.67. The Kier molecular flexibility index (Phi) is 3.93. The van der Waals surface area contributed by atoms with E-state index in [0.29, 0.717) is 11.0 Å². The Morgan fingerprint density at radius 1 is 1.47 bits per heavy atom. The average Bonchev–Trinajstić information content (AvgIpc) is 2.29. The van der Waals surface area contributed by atoms with Crippen molar-refractivity contribution >= 4 is 44.4 Å². The highest BCUT2D eigenvalue weighted by molar-refractivity contribution is 9.10. The molecule has 2 rings (SSSR count). The van der Waals surface area contributed by atoms with Gasteiger partial charge in [-0.1, -0.05) is 27.5 Å². The Morgan fingerprint density at radius 2 is 2.16 bits per heavy atom. The Morgan fingerprint density at radius 3 is 2.79 bits per heavy atom. The highest BCUT2D eigenvalue weighted by atomic mass is 79.9. The number of nitrogens with two attached hydrogens (primary N) is 2. The van der Waals surface area contributed by atoms with Gasteiger partial charge in [0.05, 0.1) is 10.6 Å². The molecule has 100 valence electrons. The van der Waals surface area contributed by atoms with E-state index in [1.54, 1.807) is 18.2 Å². The van der Waals surface area contributed by atoms with E-state index in [1.165, 1.54) is 0 Å². The fourth-order valence-electron chi connectivity index (χ4n) is 1.79. The molecule has 1 unspecified atom stereocenters. The molecule has 1 heterocycles. The number of amides is 1. The summed E-state index contributed by atoms with van der Waals surface area (Å²) < 4.78 is 5.92. The molecule has 0 saturated carbocycles. The summed E-state index contributed by atoms with van der Waals surface area (Å²) >= 11 is 9.49. The monoisotopic (exact) mass is 344 g/mol. The number of rotatable bonds is 3. The number of hydrogen-bond donors (Lipinski definition) is 2. The standard InChI is InChI=1S/C12H10BrClN2O3/c13-5-1-2-8-6(3-5)11(14)10(12(18)19-8)7(15)4-9(16)17/h1-3,7H,4,15H2,(H2,16,17). The van der Waals surface area contributed by atoms with Crippen LogP contribution in [-0.4, -0.2) is 5.91 Å². The van der Waals surface area contributed by atoms with E-state index in [9.17, 15) is 9.59 Å². The van der Waals surface area contributed by atoms with Gasteiger partial charge >= 0.3 is 5.63 Å². The maximum atomic E-state index is 11.9. The lowest BCUT2D eigenvalue weighted by Crippen LogP contribution is -2.25. The summed E-state index contributed by atoms with van der Waals surface area (Å²) in [4.78, 5) is 22.7. The molecule has 0 fully saturated rings. The van der Waals surface area contributed by atoms with Gasteiger partial charge in [0, 0.05) is 22.3 Å². The number of halogens is 2. The normalized spacial score (nSPS) is 12.6. The maximum absolute atomic E-state index is 11.9. The van der Waals surface area contributed by atoms with E-state index in [2.05, 4.69) is 15.9 Å². The van der Waals surface area contributed by atoms with Gasteiger partial charge in [0.25, 0.3) is 0 Å². The van der Waals surface area contributed by atoms with Crippen molar-refractivity contribution in [1.82, 2.24) is 0 Å². The molecule has 0 bridgehead atoms. The number of carbonyl (C=O) groups excluding carboxylic acids is 1. The van der Waals surface area contributed by atoms with E-state index in [1.807, 2.05) is 0 Å². The third kappa shape index (κ3) is 2.80. The minimum Gasteiger partial charge on any atom is -0.422 e. The number of hydrogen-bond acceptors (Lipinski definition) is 4. The largest absolute Gasteiger partial charge is 0.422 e. The van der Waals surface area contributed by atoms with Gasteiger partial charge in [-0.25, -0.2) is 4.79 Å². The van der Waals surface area contributed by atoms with Crippen molar-refractivity contribution in [3.63, 3.8) is 0 Å². The first-order valence-electron chi connectivity index (χ1n) is 5.35. The molecule has 1 amide bonds. The van der Waals surface area contributed by atoms with Gasteiger partial charge in [0.15, 0.2) is 0 Å². The molecule has 1 aromatic carbocycles. The number of carbonyl (C=O) groups is 1. The first-order chi connectivity index (χ1) is 8.90. The Hall–Kier alpha value is -1.37. The Bertz CT molecular complexity index is 714. The van der Waals surface area contributed by atoms with Crippen LogP contribution in [0.3, 0.4) is 0 Å². The van der Waals surface area contributed by atoms with Gasteiger partial charge in [0.2, 0.25) is 5.91 Å². The molecule has 0 spiro atoms. The van der Waals surface area contributed by atoms with Crippen molar-refractivity contribution in [2.75, 3.05) is 0 Å². The van der Waals surface area contributed by atoms with Crippen molar-refractivity contribution in [2.24, 2.45) is 11.5 Å². The Labute approximate surface area is 121 Å². The van der Waals surface area contributed by atoms with E-state index in [-0.39, 0.29) is 17.0 Å². The van der Waals surface area contributed by atoms with Crippen LogP contribution in [0.5, 0.6) is 0 Å². The smallest absolute Gasteiger partial charge is 0.342 e. The molecule has 1 aromatic heterocycles. The molecule has 0 saturated heterocycles. The fraction of sp³-hybridized carbons (Fsp3) is 0.167. The van der Waals surface area contributed by atoms with Crippen molar-refractivity contribution in [1.29, 1.82) is 0 Å². The summed E-state index contributed by atoms with van der Waals surface area (Å²) in [6.45, 7) is 0. The predicted molar refractivity (Wildman–Crippen MR) is 75.9 cm³/mol. The molecule has 0 aliphatic rings. The zero-order valence-corrected chi connectivity index (χ0v) is 12.0. The van der Waals surface area contributed by atoms with E-state index >= 15 is 0 Å².